The van der Waals surface area contributed by atoms with Gasteiger partial charge in [-0.15, -0.1) is 5.10 Å². The molecule has 0 amide bonds. The summed E-state index contributed by atoms with van der Waals surface area (Å²) in [6.45, 7) is 3.81. The van der Waals surface area contributed by atoms with Crippen LogP contribution in [0.25, 0.3) is 4.96 Å². The molecule has 3 heterocycles. The molecule has 4 aromatic rings. The molecule has 1 atom stereocenters. The van der Waals surface area contributed by atoms with Crippen LogP contribution in [0.5, 0.6) is 5.88 Å². The average molecular weight is 453 g/mol. The van der Waals surface area contributed by atoms with Crippen molar-refractivity contribution in [1.82, 2.24) is 19.5 Å². The number of aromatic nitrogens is 3. The maximum absolute atomic E-state index is 11.0. The fourth-order valence-corrected chi connectivity index (χ4v) is 5.85. The Hall–Kier alpha value is -2.41. The number of hydrogen-bond donors (Lipinski definition) is 1. The molecule has 1 saturated heterocycles. The topological polar surface area (TPSA) is 53.7 Å². The van der Waals surface area contributed by atoms with Gasteiger partial charge in [0, 0.05) is 5.02 Å². The minimum Gasteiger partial charge on any atom is -0.492 e. The normalized spacial score (nSPS) is 16.7. The first-order chi connectivity index (χ1) is 15.1. The van der Waals surface area contributed by atoms with E-state index in [9.17, 15) is 5.11 Å². The average Bonchev–Trinajstić information content (AvgIpc) is 3.29. The van der Waals surface area contributed by atoms with Crippen molar-refractivity contribution in [2.75, 3.05) is 13.1 Å². The van der Waals surface area contributed by atoms with Crippen LogP contribution in [0, 0.1) is 12.8 Å². The van der Waals surface area contributed by atoms with Crippen molar-refractivity contribution in [1.29, 1.82) is 0 Å². The highest BCUT2D eigenvalue weighted by atomic mass is 35.5. The van der Waals surface area contributed by atoms with Crippen LogP contribution >= 0.6 is 22.9 Å². The Morgan fingerprint density at radius 1 is 1.10 bits per heavy atom. The second kappa shape index (κ2) is 8.61. The van der Waals surface area contributed by atoms with Crippen LogP contribution in [-0.4, -0.2) is 37.7 Å². The summed E-state index contributed by atoms with van der Waals surface area (Å²) in [5, 5.41) is 16.1. The molecule has 1 aliphatic rings. The van der Waals surface area contributed by atoms with E-state index in [1.54, 1.807) is 4.52 Å². The van der Waals surface area contributed by atoms with E-state index >= 15 is 0 Å². The first-order valence-electron chi connectivity index (χ1n) is 10.7. The zero-order chi connectivity index (χ0) is 21.4. The van der Waals surface area contributed by atoms with E-state index in [0.29, 0.717) is 16.8 Å². The molecule has 0 unspecified atom stereocenters. The number of aryl methyl sites for hydroxylation is 1. The molecule has 1 N–H and O–H groups in total. The highest BCUT2D eigenvalue weighted by molar-refractivity contribution is 7.17. The van der Waals surface area contributed by atoms with Gasteiger partial charge in [-0.3, -0.25) is 4.90 Å². The lowest BCUT2D eigenvalue weighted by atomic mass is 9.89. The summed E-state index contributed by atoms with van der Waals surface area (Å²) in [7, 11) is 0. The van der Waals surface area contributed by atoms with Crippen molar-refractivity contribution < 1.29 is 5.11 Å². The number of halogens is 1. The maximum Gasteiger partial charge on any atom is 0.230 e. The molecule has 0 bridgehead atoms. The van der Waals surface area contributed by atoms with Gasteiger partial charge >= 0.3 is 0 Å². The molecule has 5 rings (SSSR count). The van der Waals surface area contributed by atoms with E-state index in [2.05, 4.69) is 57.4 Å². The van der Waals surface area contributed by atoms with E-state index in [4.69, 9.17) is 11.6 Å². The smallest absolute Gasteiger partial charge is 0.230 e. The summed E-state index contributed by atoms with van der Waals surface area (Å²) in [5.74, 6) is 1.54. The minimum atomic E-state index is -0.0382. The molecular formula is C24H25ClN4OS. The van der Waals surface area contributed by atoms with Crippen LogP contribution in [0.1, 0.15) is 40.7 Å². The van der Waals surface area contributed by atoms with Crippen LogP contribution in [0.3, 0.4) is 0 Å². The van der Waals surface area contributed by atoms with Gasteiger partial charge < -0.3 is 5.11 Å². The molecule has 1 aliphatic heterocycles. The highest BCUT2D eigenvalue weighted by Gasteiger charge is 2.32. The van der Waals surface area contributed by atoms with Crippen LogP contribution in [0.2, 0.25) is 5.02 Å². The Morgan fingerprint density at radius 2 is 1.81 bits per heavy atom. The van der Waals surface area contributed by atoms with Crippen LogP contribution in [0.4, 0.5) is 0 Å². The van der Waals surface area contributed by atoms with Crippen molar-refractivity contribution in [2.24, 2.45) is 5.92 Å². The quantitative estimate of drug-likeness (QED) is 0.434. The number of benzene rings is 2. The molecule has 160 valence electrons. The lowest BCUT2D eigenvalue weighted by Crippen LogP contribution is -2.37. The zero-order valence-corrected chi connectivity index (χ0v) is 19.0. The number of fused-ring (bicyclic) bond motifs is 1. The summed E-state index contributed by atoms with van der Waals surface area (Å²) in [4.78, 5) is 8.55. The van der Waals surface area contributed by atoms with Crippen molar-refractivity contribution in [2.45, 2.75) is 32.2 Å². The Kier molecular flexibility index (Phi) is 5.69. The van der Waals surface area contributed by atoms with Crippen molar-refractivity contribution in [3.8, 4) is 5.88 Å². The number of aromatic hydroxyl groups is 1. The molecule has 0 saturated carbocycles. The minimum absolute atomic E-state index is 0.0382. The van der Waals surface area contributed by atoms with E-state index in [1.807, 2.05) is 19.1 Å². The number of likely N-dealkylation sites (tertiary alicyclic amines) is 1. The number of piperidine rings is 1. The molecule has 0 aliphatic carbocycles. The second-order valence-electron chi connectivity index (χ2n) is 8.27. The van der Waals surface area contributed by atoms with Crippen LogP contribution in [-0.2, 0) is 6.42 Å². The predicted octanol–water partition coefficient (Wildman–Crippen LogP) is 5.50. The first-order valence-corrected chi connectivity index (χ1v) is 11.9. The van der Waals surface area contributed by atoms with Gasteiger partial charge in [0.1, 0.15) is 5.82 Å². The lowest BCUT2D eigenvalue weighted by Gasteiger charge is -2.37. The number of thiazole rings is 1. The fraction of sp³-hybridized carbons (Fsp3) is 0.333. The van der Waals surface area contributed by atoms with Crippen molar-refractivity contribution in [3.63, 3.8) is 0 Å². The van der Waals surface area contributed by atoms with E-state index < -0.39 is 0 Å². The molecule has 1 fully saturated rings. The Bertz CT molecular complexity index is 1160. The third-order valence-corrected chi connectivity index (χ3v) is 7.45. The van der Waals surface area contributed by atoms with Gasteiger partial charge in [-0.25, -0.2) is 4.98 Å². The molecule has 5 nitrogen and oxygen atoms in total. The summed E-state index contributed by atoms with van der Waals surface area (Å²) in [6, 6.07) is 18.7. The lowest BCUT2D eigenvalue weighted by molar-refractivity contribution is 0.150. The Balaban J connectivity index is 1.42. The number of nitrogens with zero attached hydrogens (tertiary/aromatic N) is 4. The molecule has 2 aromatic carbocycles. The highest BCUT2D eigenvalue weighted by Crippen LogP contribution is 2.41. The van der Waals surface area contributed by atoms with Gasteiger partial charge in [-0.1, -0.05) is 65.4 Å². The van der Waals surface area contributed by atoms with E-state index in [1.165, 1.54) is 16.9 Å². The van der Waals surface area contributed by atoms with Gasteiger partial charge in [0.25, 0.3) is 0 Å². The van der Waals surface area contributed by atoms with Gasteiger partial charge in [-0.05, 0) is 68.5 Å². The number of hydrogen-bond acceptors (Lipinski definition) is 5. The molecule has 2 aromatic heterocycles. The van der Waals surface area contributed by atoms with Crippen molar-refractivity contribution >= 4 is 27.9 Å². The largest absolute Gasteiger partial charge is 0.492 e. The predicted molar refractivity (Wildman–Crippen MR) is 125 cm³/mol. The Morgan fingerprint density at radius 3 is 2.48 bits per heavy atom. The molecular weight excluding hydrogens is 428 g/mol. The molecule has 31 heavy (non-hydrogen) atoms. The standard InChI is InChI=1S/C24H25ClN4OS/c1-16-26-24-29(27-16)23(30)22(31-24)21(19-7-9-20(25)10-8-19)28-13-11-18(12-14-28)15-17-5-3-2-4-6-17/h2-10,18,21,30H,11-15H2,1H3/t21-/m1/s1. The fourth-order valence-electron chi connectivity index (χ4n) is 4.56. The van der Waals surface area contributed by atoms with Crippen LogP contribution in [0.15, 0.2) is 54.6 Å². The maximum atomic E-state index is 11.0. The molecule has 7 heteroatoms. The zero-order valence-electron chi connectivity index (χ0n) is 17.4. The van der Waals surface area contributed by atoms with Gasteiger partial charge in [0.2, 0.25) is 10.8 Å². The molecule has 0 spiro atoms. The van der Waals surface area contributed by atoms with Gasteiger partial charge in [0.15, 0.2) is 0 Å². The number of rotatable bonds is 5. The molecule has 0 radical (unpaired) electrons. The monoisotopic (exact) mass is 452 g/mol. The second-order valence-corrected chi connectivity index (χ2v) is 9.71. The Labute approximate surface area is 190 Å². The summed E-state index contributed by atoms with van der Waals surface area (Å²) in [6.07, 6.45) is 3.40. The third-order valence-electron chi connectivity index (χ3n) is 6.12. The summed E-state index contributed by atoms with van der Waals surface area (Å²) >= 11 is 7.67. The summed E-state index contributed by atoms with van der Waals surface area (Å²) in [5.41, 5.74) is 2.54. The van der Waals surface area contributed by atoms with Gasteiger partial charge in [-0.2, -0.15) is 4.52 Å². The SMILES string of the molecule is Cc1nc2sc([C@@H](c3ccc(Cl)cc3)N3CCC(Cc4ccccc4)CC3)c(O)n2n1. The van der Waals surface area contributed by atoms with E-state index in [-0.39, 0.29) is 11.9 Å². The van der Waals surface area contributed by atoms with Crippen molar-refractivity contribution in [3.05, 3.63) is 81.4 Å². The third kappa shape index (κ3) is 4.20. The van der Waals surface area contributed by atoms with E-state index in [0.717, 1.165) is 47.8 Å². The van der Waals surface area contributed by atoms with Gasteiger partial charge in [0.05, 0.1) is 10.9 Å². The van der Waals surface area contributed by atoms with Crippen LogP contribution < -0.4 is 0 Å². The first kappa shape index (κ1) is 20.5. The summed E-state index contributed by atoms with van der Waals surface area (Å²) < 4.78 is 1.56.